The van der Waals surface area contributed by atoms with Gasteiger partial charge in [0.25, 0.3) is 0 Å². The molecule has 2 amide bonds. The predicted octanol–water partition coefficient (Wildman–Crippen LogP) is 2.06. The summed E-state index contributed by atoms with van der Waals surface area (Å²) in [7, 11) is 0. The third kappa shape index (κ3) is 4.53. The van der Waals surface area contributed by atoms with Crippen molar-refractivity contribution in [2.45, 2.75) is 6.10 Å². The Kier molecular flexibility index (Phi) is 5.71. The molecule has 0 bridgehead atoms. The number of hydrogen-bond acceptors (Lipinski definition) is 5. The van der Waals surface area contributed by atoms with E-state index in [9.17, 15) is 14.7 Å². The van der Waals surface area contributed by atoms with Gasteiger partial charge in [0.1, 0.15) is 12.2 Å². The number of rotatable bonds is 4. The maximum absolute atomic E-state index is 11.8. The molecule has 3 N–H and O–H groups in total. The van der Waals surface area contributed by atoms with Gasteiger partial charge in [-0.25, -0.2) is 0 Å². The van der Waals surface area contributed by atoms with Gasteiger partial charge in [0.05, 0.1) is 11.3 Å². The lowest BCUT2D eigenvalue weighted by atomic mass is 10.2. The number of aliphatic hydroxyl groups is 1. The van der Waals surface area contributed by atoms with Gasteiger partial charge < -0.3 is 15.7 Å². The molecule has 1 aromatic carbocycles. The van der Waals surface area contributed by atoms with Crippen LogP contribution in [0.25, 0.3) is 0 Å². The van der Waals surface area contributed by atoms with Crippen LogP contribution in [0.3, 0.4) is 0 Å². The number of nitrogens with one attached hydrogen (secondary N) is 2. The zero-order chi connectivity index (χ0) is 16.8. The van der Waals surface area contributed by atoms with Gasteiger partial charge in [-0.2, -0.15) is 5.26 Å². The quantitative estimate of drug-likeness (QED) is 0.735. The van der Waals surface area contributed by atoms with E-state index in [1.807, 2.05) is 6.07 Å². The molecular formula is C15H12ClN3O3S. The van der Waals surface area contributed by atoms with Gasteiger partial charge in [0.15, 0.2) is 0 Å². The van der Waals surface area contributed by atoms with Crippen molar-refractivity contribution >= 4 is 40.4 Å². The SMILES string of the molecule is N#Cc1ccc(Cl)cc1NC(=O)C(=O)NCC(O)c1cccs1. The fourth-order valence-electron chi connectivity index (χ4n) is 1.75. The summed E-state index contributed by atoms with van der Waals surface area (Å²) in [5, 5.41) is 25.6. The second kappa shape index (κ2) is 7.74. The largest absolute Gasteiger partial charge is 0.386 e. The topological polar surface area (TPSA) is 102 Å². The molecule has 2 aromatic rings. The van der Waals surface area contributed by atoms with Crippen LogP contribution in [0.4, 0.5) is 5.69 Å². The van der Waals surface area contributed by atoms with E-state index >= 15 is 0 Å². The fourth-order valence-corrected chi connectivity index (χ4v) is 2.63. The molecule has 1 unspecified atom stereocenters. The number of nitriles is 1. The molecule has 0 spiro atoms. The number of anilines is 1. The fraction of sp³-hybridized carbons (Fsp3) is 0.133. The Hall–Kier alpha value is -2.40. The van der Waals surface area contributed by atoms with Crippen molar-refractivity contribution in [2.24, 2.45) is 0 Å². The Morgan fingerprint density at radius 1 is 1.35 bits per heavy atom. The van der Waals surface area contributed by atoms with E-state index in [0.29, 0.717) is 9.90 Å². The number of hydrogen-bond donors (Lipinski definition) is 3. The van der Waals surface area contributed by atoms with Crippen LogP contribution in [0.5, 0.6) is 0 Å². The first-order chi connectivity index (χ1) is 11.0. The molecule has 118 valence electrons. The lowest BCUT2D eigenvalue weighted by Gasteiger charge is -2.11. The molecule has 0 fully saturated rings. The average Bonchev–Trinajstić information content (AvgIpc) is 3.07. The molecule has 8 heteroatoms. The summed E-state index contributed by atoms with van der Waals surface area (Å²) >= 11 is 7.15. The highest BCUT2D eigenvalue weighted by Gasteiger charge is 2.17. The molecule has 1 heterocycles. The zero-order valence-electron chi connectivity index (χ0n) is 11.7. The van der Waals surface area contributed by atoms with Gasteiger partial charge in [-0.05, 0) is 29.6 Å². The van der Waals surface area contributed by atoms with E-state index in [0.717, 1.165) is 0 Å². The highest BCUT2D eigenvalue weighted by atomic mass is 35.5. The number of thiophene rings is 1. The minimum absolute atomic E-state index is 0.0899. The van der Waals surface area contributed by atoms with Crippen molar-refractivity contribution in [3.05, 3.63) is 51.2 Å². The maximum atomic E-state index is 11.8. The maximum Gasteiger partial charge on any atom is 0.313 e. The van der Waals surface area contributed by atoms with Gasteiger partial charge >= 0.3 is 11.8 Å². The summed E-state index contributed by atoms with van der Waals surface area (Å²) in [6.45, 7) is -0.0899. The molecular weight excluding hydrogens is 338 g/mol. The molecule has 2 rings (SSSR count). The first-order valence-electron chi connectivity index (χ1n) is 6.51. The van der Waals surface area contributed by atoms with Crippen molar-refractivity contribution in [3.63, 3.8) is 0 Å². The average molecular weight is 350 g/mol. The van der Waals surface area contributed by atoms with Crippen LogP contribution >= 0.6 is 22.9 Å². The number of halogens is 1. The molecule has 0 aliphatic carbocycles. The van der Waals surface area contributed by atoms with Gasteiger partial charge in [-0.1, -0.05) is 17.7 Å². The van der Waals surface area contributed by atoms with E-state index in [-0.39, 0.29) is 17.8 Å². The van der Waals surface area contributed by atoms with Crippen molar-refractivity contribution in [3.8, 4) is 6.07 Å². The van der Waals surface area contributed by atoms with Crippen LogP contribution < -0.4 is 10.6 Å². The summed E-state index contributed by atoms with van der Waals surface area (Å²) < 4.78 is 0. The number of benzene rings is 1. The Morgan fingerprint density at radius 2 is 2.13 bits per heavy atom. The molecule has 0 aliphatic heterocycles. The summed E-state index contributed by atoms with van der Waals surface area (Å²) in [6.07, 6.45) is -0.882. The van der Waals surface area contributed by atoms with Crippen molar-refractivity contribution in [1.82, 2.24) is 5.32 Å². The van der Waals surface area contributed by atoms with Gasteiger partial charge in [-0.3, -0.25) is 9.59 Å². The summed E-state index contributed by atoms with van der Waals surface area (Å²) in [4.78, 5) is 24.3. The lowest BCUT2D eigenvalue weighted by Crippen LogP contribution is -2.37. The monoisotopic (exact) mass is 349 g/mol. The van der Waals surface area contributed by atoms with Gasteiger partial charge in [0, 0.05) is 16.4 Å². The second-order valence-corrected chi connectivity index (χ2v) is 5.91. The first kappa shape index (κ1) is 17.0. The number of amides is 2. The highest BCUT2D eigenvalue weighted by molar-refractivity contribution is 7.10. The lowest BCUT2D eigenvalue weighted by molar-refractivity contribution is -0.136. The van der Waals surface area contributed by atoms with E-state index in [2.05, 4.69) is 10.6 Å². The Labute approximate surface area is 141 Å². The molecule has 0 aliphatic rings. The second-order valence-electron chi connectivity index (χ2n) is 4.50. The Bertz CT molecular complexity index is 756. The summed E-state index contributed by atoms with van der Waals surface area (Å²) in [5.74, 6) is -1.85. The third-order valence-corrected chi connectivity index (χ3v) is 4.09. The normalized spacial score (nSPS) is 11.3. The molecule has 0 saturated carbocycles. The minimum Gasteiger partial charge on any atom is -0.386 e. The van der Waals surface area contributed by atoms with Gasteiger partial charge in [-0.15, -0.1) is 11.3 Å². The van der Waals surface area contributed by atoms with E-state index in [1.165, 1.54) is 29.5 Å². The Morgan fingerprint density at radius 3 is 2.78 bits per heavy atom. The van der Waals surface area contributed by atoms with E-state index < -0.39 is 17.9 Å². The molecule has 6 nitrogen and oxygen atoms in total. The number of aliphatic hydroxyl groups excluding tert-OH is 1. The van der Waals surface area contributed by atoms with Gasteiger partial charge in [0.2, 0.25) is 0 Å². The van der Waals surface area contributed by atoms with Crippen LogP contribution in [-0.2, 0) is 9.59 Å². The highest BCUT2D eigenvalue weighted by Crippen LogP contribution is 2.20. The van der Waals surface area contributed by atoms with Crippen molar-refractivity contribution < 1.29 is 14.7 Å². The van der Waals surface area contributed by atoms with Crippen LogP contribution in [0.1, 0.15) is 16.5 Å². The van der Waals surface area contributed by atoms with Crippen molar-refractivity contribution in [1.29, 1.82) is 5.26 Å². The molecule has 1 atom stereocenters. The Balaban J connectivity index is 1.94. The summed E-state index contributed by atoms with van der Waals surface area (Å²) in [6, 6.07) is 9.73. The number of carbonyl (C=O) groups excluding carboxylic acids is 2. The van der Waals surface area contributed by atoms with E-state index in [1.54, 1.807) is 17.5 Å². The molecule has 1 aromatic heterocycles. The molecule has 0 radical (unpaired) electrons. The third-order valence-electron chi connectivity index (χ3n) is 2.88. The first-order valence-corrected chi connectivity index (χ1v) is 7.77. The number of nitrogens with zero attached hydrogens (tertiary/aromatic N) is 1. The molecule has 23 heavy (non-hydrogen) atoms. The van der Waals surface area contributed by atoms with Crippen LogP contribution in [0, 0.1) is 11.3 Å². The predicted molar refractivity (Wildman–Crippen MR) is 87.1 cm³/mol. The smallest absolute Gasteiger partial charge is 0.313 e. The standard InChI is InChI=1S/C15H12ClN3O3S/c16-10-4-3-9(7-17)11(6-10)19-15(22)14(21)18-8-12(20)13-2-1-5-23-13/h1-6,12,20H,8H2,(H,18,21)(H,19,22). The van der Waals surface area contributed by atoms with E-state index in [4.69, 9.17) is 16.9 Å². The van der Waals surface area contributed by atoms with Crippen molar-refractivity contribution in [2.75, 3.05) is 11.9 Å². The molecule has 0 saturated heterocycles. The number of carbonyl (C=O) groups is 2. The van der Waals surface area contributed by atoms with Crippen LogP contribution in [-0.4, -0.2) is 23.5 Å². The zero-order valence-corrected chi connectivity index (χ0v) is 13.3. The van der Waals surface area contributed by atoms with Crippen LogP contribution in [0.2, 0.25) is 5.02 Å². The van der Waals surface area contributed by atoms with Crippen LogP contribution in [0.15, 0.2) is 35.7 Å². The summed E-state index contributed by atoms with van der Waals surface area (Å²) in [5.41, 5.74) is 0.341. The minimum atomic E-state index is -0.942.